The van der Waals surface area contributed by atoms with Gasteiger partial charge in [-0.2, -0.15) is 0 Å². The highest BCUT2D eigenvalue weighted by Crippen LogP contribution is 2.72. The molecule has 0 spiro atoms. The van der Waals surface area contributed by atoms with E-state index in [1.807, 2.05) is 0 Å². The minimum absolute atomic E-state index is 0.304. The first kappa shape index (κ1) is 21.7. The van der Waals surface area contributed by atoms with Crippen LogP contribution < -0.4 is 0 Å². The summed E-state index contributed by atoms with van der Waals surface area (Å²) < 4.78 is 0. The van der Waals surface area contributed by atoms with Gasteiger partial charge in [-0.25, -0.2) is 0 Å². The van der Waals surface area contributed by atoms with Gasteiger partial charge in [-0.15, -0.1) is 14.0 Å². The van der Waals surface area contributed by atoms with Crippen molar-refractivity contribution in [3.63, 3.8) is 0 Å². The molecule has 0 heterocycles. The smallest absolute Gasteiger partial charge is 0.0686 e. The van der Waals surface area contributed by atoms with Gasteiger partial charge in [-0.05, 0) is 5.40 Å². The van der Waals surface area contributed by atoms with E-state index in [1.165, 1.54) is 0 Å². The Hall–Kier alpha value is 1.73. The van der Waals surface area contributed by atoms with Gasteiger partial charge >= 0.3 is 0 Å². The first-order valence-corrected chi connectivity index (χ1v) is 28.2. The van der Waals surface area contributed by atoms with Gasteiger partial charge < -0.3 is 0 Å². The zero-order valence-corrected chi connectivity index (χ0v) is 22.3. The summed E-state index contributed by atoms with van der Waals surface area (Å²) in [6, 6.07) is 0. The lowest BCUT2D eigenvalue weighted by molar-refractivity contribution is 1.39. The minimum atomic E-state index is -1.02. The summed E-state index contributed by atoms with van der Waals surface area (Å²) in [5.74, 6) is 0. The van der Waals surface area contributed by atoms with E-state index in [4.69, 9.17) is 0 Å². The Morgan fingerprint density at radius 3 is 0.700 bits per heavy atom. The lowest BCUT2D eigenvalue weighted by Gasteiger charge is -2.52. The van der Waals surface area contributed by atoms with E-state index < -0.39 is 31.0 Å². The Balaban J connectivity index is 5.81. The lowest BCUT2D eigenvalue weighted by atomic mass is 11.0. The van der Waals surface area contributed by atoms with Crippen LogP contribution in [0.4, 0.5) is 0 Å². The molecule has 0 bridgehead atoms. The summed E-state index contributed by atoms with van der Waals surface area (Å²) in [6.07, 6.45) is 0. The minimum Gasteiger partial charge on any atom is -0.123 e. The topological polar surface area (TPSA) is 0 Å². The molecule has 0 rings (SSSR count). The number of hydrogen-bond donors (Lipinski definition) is 0. The van der Waals surface area contributed by atoms with E-state index in [9.17, 15) is 0 Å². The standard InChI is InChI=1S/C14H40P2Si4/c1-14(15(17(2,3)4)18(5,6)7)16(19(8,9)10)20(11,12)13/h14H,1-13H3. The molecular weight excluding hydrogens is 342 g/mol. The fourth-order valence-corrected chi connectivity index (χ4v) is 96.3. The van der Waals surface area contributed by atoms with Crippen LogP contribution >= 0.6 is 14.0 Å². The van der Waals surface area contributed by atoms with Crippen molar-refractivity contribution >= 4 is 45.0 Å². The predicted molar refractivity (Wildman–Crippen MR) is 117 cm³/mol. The monoisotopic (exact) mass is 382 g/mol. The van der Waals surface area contributed by atoms with Crippen LogP contribution in [0.15, 0.2) is 0 Å². The molecule has 0 atom stereocenters. The maximum atomic E-state index is 2.70. The molecule has 0 N–H and O–H groups in total. The Kier molecular flexibility index (Phi) is 7.27. The average Bonchev–Trinajstić information content (AvgIpc) is 1.88. The predicted octanol–water partition coefficient (Wildman–Crippen LogP) is 7.64. The van der Waals surface area contributed by atoms with Crippen LogP contribution in [-0.2, 0) is 0 Å². The lowest BCUT2D eigenvalue weighted by Crippen LogP contribution is -2.43. The molecule has 0 saturated heterocycles. The van der Waals surface area contributed by atoms with E-state index in [0.29, 0.717) is 14.0 Å². The summed E-state index contributed by atoms with van der Waals surface area (Å²) in [4.78, 5) is 0. The maximum Gasteiger partial charge on any atom is 0.0686 e. The Labute approximate surface area is 135 Å². The van der Waals surface area contributed by atoms with E-state index >= 15 is 0 Å². The summed E-state index contributed by atoms with van der Waals surface area (Å²) in [6.45, 7) is 34.6. The van der Waals surface area contributed by atoms with Crippen LogP contribution in [0.5, 0.6) is 0 Å². The molecule has 0 aliphatic heterocycles. The molecule has 20 heavy (non-hydrogen) atoms. The van der Waals surface area contributed by atoms with Gasteiger partial charge in [-0.1, -0.05) is 85.5 Å². The van der Waals surface area contributed by atoms with E-state index in [0.717, 1.165) is 5.40 Å². The Morgan fingerprint density at radius 1 is 0.450 bits per heavy atom. The van der Waals surface area contributed by atoms with E-state index in [2.05, 4.69) is 85.5 Å². The Morgan fingerprint density at radius 2 is 0.600 bits per heavy atom. The summed E-state index contributed by atoms with van der Waals surface area (Å²) in [5.41, 5.74) is 0. The first-order chi connectivity index (χ1) is 8.40. The van der Waals surface area contributed by atoms with Crippen LogP contribution in [-0.4, -0.2) is 36.4 Å². The van der Waals surface area contributed by atoms with E-state index in [1.54, 1.807) is 0 Å². The van der Waals surface area contributed by atoms with Crippen LogP contribution in [0.1, 0.15) is 6.92 Å². The molecule has 0 amide bonds. The van der Waals surface area contributed by atoms with Crippen molar-refractivity contribution in [2.24, 2.45) is 0 Å². The van der Waals surface area contributed by atoms with Crippen LogP contribution in [0, 0.1) is 0 Å². The van der Waals surface area contributed by atoms with Crippen LogP contribution in [0.2, 0.25) is 78.6 Å². The molecule has 122 valence electrons. The van der Waals surface area contributed by atoms with Gasteiger partial charge in [0.1, 0.15) is 0 Å². The molecule has 0 aliphatic carbocycles. The second-order valence-electron chi connectivity index (χ2n) is 10.1. The molecule has 0 aromatic heterocycles. The summed E-state index contributed by atoms with van der Waals surface area (Å²) in [7, 11) is -3.47. The third kappa shape index (κ3) is 6.08. The normalized spacial score (nSPS) is 15.6. The number of rotatable bonds is 6. The van der Waals surface area contributed by atoms with Crippen LogP contribution in [0.3, 0.4) is 0 Å². The zero-order chi connectivity index (χ0) is 16.7. The molecule has 0 aromatic rings. The van der Waals surface area contributed by atoms with Crippen molar-refractivity contribution in [1.29, 1.82) is 0 Å². The molecule has 6 heteroatoms. The molecule has 0 unspecified atom stereocenters. The van der Waals surface area contributed by atoms with Gasteiger partial charge in [0.2, 0.25) is 0 Å². The Bertz CT molecular complexity index is 258. The zero-order valence-electron chi connectivity index (χ0n) is 16.5. The molecule has 0 nitrogen and oxygen atoms in total. The molecule has 0 radical (unpaired) electrons. The second-order valence-corrected chi connectivity index (χ2v) is 55.4. The maximum absolute atomic E-state index is 2.70. The highest BCUT2D eigenvalue weighted by Gasteiger charge is 2.48. The third-order valence-electron chi connectivity index (χ3n) is 3.64. The van der Waals surface area contributed by atoms with Crippen molar-refractivity contribution < 1.29 is 0 Å². The van der Waals surface area contributed by atoms with E-state index in [-0.39, 0.29) is 0 Å². The van der Waals surface area contributed by atoms with Crippen molar-refractivity contribution in [3.05, 3.63) is 0 Å². The molecule has 0 aromatic carbocycles. The molecule has 0 fully saturated rings. The SMILES string of the molecule is CC(P([Si](C)(C)C)[Si](C)(C)C)P([Si](C)(C)C)[Si](C)(C)C. The third-order valence-corrected chi connectivity index (χ3v) is 61.1. The quantitative estimate of drug-likeness (QED) is 0.327. The average molecular weight is 383 g/mol. The summed E-state index contributed by atoms with van der Waals surface area (Å²) in [5, 5.41) is 1.08. The van der Waals surface area contributed by atoms with Crippen molar-refractivity contribution in [1.82, 2.24) is 0 Å². The fraction of sp³-hybridized carbons (Fsp3) is 1.00. The van der Waals surface area contributed by atoms with Gasteiger partial charge in [-0.3, -0.25) is 0 Å². The summed E-state index contributed by atoms with van der Waals surface area (Å²) >= 11 is 0. The van der Waals surface area contributed by atoms with Gasteiger partial charge in [0.25, 0.3) is 0 Å². The first-order valence-electron chi connectivity index (χ1n) is 7.99. The van der Waals surface area contributed by atoms with Gasteiger partial charge in [0, 0.05) is 0 Å². The van der Waals surface area contributed by atoms with Crippen molar-refractivity contribution in [3.8, 4) is 0 Å². The van der Waals surface area contributed by atoms with Gasteiger partial charge in [0.05, 0.1) is 31.0 Å². The number of hydrogen-bond acceptors (Lipinski definition) is 0. The molecular formula is C14H40P2Si4. The highest BCUT2D eigenvalue weighted by atomic mass is 31.7. The van der Waals surface area contributed by atoms with Crippen molar-refractivity contribution in [2.75, 3.05) is 0 Å². The molecule has 0 saturated carbocycles. The largest absolute Gasteiger partial charge is 0.123 e. The second kappa shape index (κ2) is 6.69. The molecule has 0 aliphatic rings. The fourth-order valence-electron chi connectivity index (χ4n) is 4.37. The van der Waals surface area contributed by atoms with Gasteiger partial charge in [0.15, 0.2) is 0 Å². The van der Waals surface area contributed by atoms with Crippen molar-refractivity contribution in [2.45, 2.75) is 90.9 Å². The van der Waals surface area contributed by atoms with Crippen LogP contribution in [0.25, 0.3) is 0 Å². The highest BCUT2D eigenvalue weighted by molar-refractivity contribution is 8.30.